The van der Waals surface area contributed by atoms with Gasteiger partial charge in [0.05, 0.1) is 13.2 Å². The standard InChI is InChI=1S/C16H23NO2S/c1-2-6-17-13-5-3-9-20-16-11-15-14(10-12(13)16)18-7-4-8-19-15/h10-11,13,17H,2-9H2,1H3. The van der Waals surface area contributed by atoms with Crippen molar-refractivity contribution in [2.24, 2.45) is 0 Å². The van der Waals surface area contributed by atoms with E-state index in [9.17, 15) is 0 Å². The predicted molar refractivity (Wildman–Crippen MR) is 83.0 cm³/mol. The molecule has 2 aliphatic heterocycles. The molecular formula is C16H23NO2S. The predicted octanol–water partition coefficient (Wildman–Crippen LogP) is 3.77. The van der Waals surface area contributed by atoms with Gasteiger partial charge < -0.3 is 14.8 Å². The van der Waals surface area contributed by atoms with E-state index >= 15 is 0 Å². The van der Waals surface area contributed by atoms with Crippen LogP contribution in [0.15, 0.2) is 17.0 Å². The third-order valence-corrected chi connectivity index (χ3v) is 4.95. The highest BCUT2D eigenvalue weighted by atomic mass is 32.2. The molecule has 0 fully saturated rings. The molecule has 0 radical (unpaired) electrons. The summed E-state index contributed by atoms with van der Waals surface area (Å²) in [6.45, 7) is 4.80. The van der Waals surface area contributed by atoms with Gasteiger partial charge in [0, 0.05) is 17.4 Å². The molecule has 2 aliphatic rings. The fourth-order valence-corrected chi connectivity index (χ4v) is 3.85. The molecule has 0 saturated heterocycles. The molecule has 1 aromatic carbocycles. The molecule has 0 bridgehead atoms. The van der Waals surface area contributed by atoms with E-state index < -0.39 is 0 Å². The van der Waals surface area contributed by atoms with Crippen molar-refractivity contribution in [2.45, 2.75) is 43.5 Å². The third kappa shape index (κ3) is 3.07. The van der Waals surface area contributed by atoms with E-state index in [4.69, 9.17) is 9.47 Å². The van der Waals surface area contributed by atoms with Crippen molar-refractivity contribution in [3.8, 4) is 11.5 Å². The summed E-state index contributed by atoms with van der Waals surface area (Å²) < 4.78 is 11.7. The molecule has 0 spiro atoms. The van der Waals surface area contributed by atoms with E-state index in [0.717, 1.165) is 37.7 Å². The van der Waals surface area contributed by atoms with Crippen LogP contribution < -0.4 is 14.8 Å². The monoisotopic (exact) mass is 293 g/mol. The number of fused-ring (bicyclic) bond motifs is 2. The molecule has 1 aromatic rings. The summed E-state index contributed by atoms with van der Waals surface area (Å²) in [5.74, 6) is 3.04. The first kappa shape index (κ1) is 14.1. The number of hydrogen-bond acceptors (Lipinski definition) is 4. The summed E-state index contributed by atoms with van der Waals surface area (Å²) in [5.41, 5.74) is 1.39. The quantitative estimate of drug-likeness (QED) is 0.919. The molecule has 1 N–H and O–H groups in total. The van der Waals surface area contributed by atoms with Gasteiger partial charge in [-0.25, -0.2) is 0 Å². The Hall–Kier alpha value is -0.870. The Morgan fingerprint density at radius 3 is 2.80 bits per heavy atom. The van der Waals surface area contributed by atoms with E-state index in [2.05, 4.69) is 24.4 Å². The molecular weight excluding hydrogens is 270 g/mol. The third-order valence-electron chi connectivity index (χ3n) is 3.79. The minimum absolute atomic E-state index is 0.456. The summed E-state index contributed by atoms with van der Waals surface area (Å²) in [7, 11) is 0. The van der Waals surface area contributed by atoms with Crippen LogP contribution in [0.1, 0.15) is 44.2 Å². The lowest BCUT2D eigenvalue weighted by atomic mass is 10.0. The first-order valence-electron chi connectivity index (χ1n) is 7.68. The van der Waals surface area contributed by atoms with E-state index in [-0.39, 0.29) is 0 Å². The van der Waals surface area contributed by atoms with Gasteiger partial charge in [0.25, 0.3) is 0 Å². The SMILES string of the molecule is CCCNC1CCCSc2cc3c(cc21)OCCCO3. The second-order valence-corrected chi connectivity index (χ2v) is 6.52. The minimum Gasteiger partial charge on any atom is -0.490 e. The van der Waals surface area contributed by atoms with Gasteiger partial charge in [0.1, 0.15) is 0 Å². The normalized spacial score (nSPS) is 21.8. The maximum Gasteiger partial charge on any atom is 0.162 e. The molecule has 3 nitrogen and oxygen atoms in total. The van der Waals surface area contributed by atoms with Crippen LogP contribution in [0.2, 0.25) is 0 Å². The van der Waals surface area contributed by atoms with Crippen LogP contribution in [0, 0.1) is 0 Å². The summed E-state index contributed by atoms with van der Waals surface area (Å²) >= 11 is 1.95. The molecule has 2 heterocycles. The second-order valence-electron chi connectivity index (χ2n) is 5.38. The number of thioether (sulfide) groups is 1. The Morgan fingerprint density at radius 2 is 2.00 bits per heavy atom. The van der Waals surface area contributed by atoms with Crippen LogP contribution >= 0.6 is 11.8 Å². The van der Waals surface area contributed by atoms with E-state index in [1.165, 1.54) is 35.5 Å². The Labute approximate surface area is 125 Å². The molecule has 0 saturated carbocycles. The maximum atomic E-state index is 5.85. The fraction of sp³-hybridized carbons (Fsp3) is 0.625. The van der Waals surface area contributed by atoms with Crippen molar-refractivity contribution >= 4 is 11.8 Å². The Balaban J connectivity index is 1.93. The Kier molecular flexibility index (Phi) is 4.73. The molecule has 110 valence electrons. The number of ether oxygens (including phenoxy) is 2. The highest BCUT2D eigenvalue weighted by molar-refractivity contribution is 7.99. The van der Waals surface area contributed by atoms with Crippen molar-refractivity contribution in [1.82, 2.24) is 5.32 Å². The lowest BCUT2D eigenvalue weighted by Crippen LogP contribution is -2.22. The first-order valence-corrected chi connectivity index (χ1v) is 8.66. The van der Waals surface area contributed by atoms with Crippen LogP contribution in [0.3, 0.4) is 0 Å². The molecule has 0 aromatic heterocycles. The fourth-order valence-electron chi connectivity index (χ4n) is 2.76. The van der Waals surface area contributed by atoms with Crippen molar-refractivity contribution in [3.63, 3.8) is 0 Å². The molecule has 3 rings (SSSR count). The number of hydrogen-bond donors (Lipinski definition) is 1. The van der Waals surface area contributed by atoms with Crippen LogP contribution in [-0.4, -0.2) is 25.5 Å². The largest absolute Gasteiger partial charge is 0.490 e. The topological polar surface area (TPSA) is 30.5 Å². The number of nitrogens with one attached hydrogen (secondary N) is 1. The molecule has 0 aliphatic carbocycles. The average Bonchev–Trinajstić information content (AvgIpc) is 2.80. The van der Waals surface area contributed by atoms with Gasteiger partial charge in [-0.1, -0.05) is 6.92 Å². The van der Waals surface area contributed by atoms with Crippen LogP contribution in [0.25, 0.3) is 0 Å². The van der Waals surface area contributed by atoms with Gasteiger partial charge in [-0.15, -0.1) is 11.8 Å². The zero-order chi connectivity index (χ0) is 13.8. The van der Waals surface area contributed by atoms with Gasteiger partial charge in [0.15, 0.2) is 11.5 Å². The van der Waals surface area contributed by atoms with E-state index in [0.29, 0.717) is 6.04 Å². The summed E-state index contributed by atoms with van der Waals surface area (Å²) in [6, 6.07) is 4.85. The van der Waals surface area contributed by atoms with Crippen LogP contribution in [-0.2, 0) is 0 Å². The lowest BCUT2D eigenvalue weighted by molar-refractivity contribution is 0.296. The number of rotatable bonds is 3. The smallest absolute Gasteiger partial charge is 0.162 e. The maximum absolute atomic E-state index is 5.85. The van der Waals surface area contributed by atoms with E-state index in [1.807, 2.05) is 11.8 Å². The van der Waals surface area contributed by atoms with Gasteiger partial charge in [0.2, 0.25) is 0 Å². The molecule has 1 unspecified atom stereocenters. The molecule has 20 heavy (non-hydrogen) atoms. The first-order chi connectivity index (χ1) is 9.88. The zero-order valence-electron chi connectivity index (χ0n) is 12.1. The second kappa shape index (κ2) is 6.72. The molecule has 4 heteroatoms. The number of benzene rings is 1. The van der Waals surface area contributed by atoms with Gasteiger partial charge in [-0.2, -0.15) is 0 Å². The highest BCUT2D eigenvalue weighted by Crippen LogP contribution is 2.42. The summed E-state index contributed by atoms with van der Waals surface area (Å²) in [5, 5.41) is 3.68. The van der Waals surface area contributed by atoms with E-state index in [1.54, 1.807) is 0 Å². The van der Waals surface area contributed by atoms with Crippen LogP contribution in [0.4, 0.5) is 0 Å². The summed E-state index contributed by atoms with van der Waals surface area (Å²) in [4.78, 5) is 1.36. The van der Waals surface area contributed by atoms with Gasteiger partial charge in [-0.05, 0) is 49.3 Å². The van der Waals surface area contributed by atoms with Gasteiger partial charge in [-0.3, -0.25) is 0 Å². The Bertz CT molecular complexity index is 464. The zero-order valence-corrected chi connectivity index (χ0v) is 12.9. The lowest BCUT2D eigenvalue weighted by Gasteiger charge is -2.20. The molecule has 1 atom stereocenters. The molecule has 0 amide bonds. The average molecular weight is 293 g/mol. The highest BCUT2D eigenvalue weighted by Gasteiger charge is 2.22. The Morgan fingerprint density at radius 1 is 1.20 bits per heavy atom. The summed E-state index contributed by atoms with van der Waals surface area (Å²) in [6.07, 6.45) is 4.60. The van der Waals surface area contributed by atoms with Gasteiger partial charge >= 0.3 is 0 Å². The van der Waals surface area contributed by atoms with Crippen molar-refractivity contribution in [3.05, 3.63) is 17.7 Å². The van der Waals surface area contributed by atoms with Crippen molar-refractivity contribution in [2.75, 3.05) is 25.5 Å². The van der Waals surface area contributed by atoms with Crippen molar-refractivity contribution in [1.29, 1.82) is 0 Å². The minimum atomic E-state index is 0.456. The van der Waals surface area contributed by atoms with Crippen LogP contribution in [0.5, 0.6) is 11.5 Å². The van der Waals surface area contributed by atoms with Crippen molar-refractivity contribution < 1.29 is 9.47 Å².